The van der Waals surface area contributed by atoms with Crippen molar-refractivity contribution in [2.45, 2.75) is 96.0 Å². The van der Waals surface area contributed by atoms with Crippen molar-refractivity contribution in [3.8, 4) is 0 Å². The van der Waals surface area contributed by atoms with E-state index < -0.39 is 14.3 Å². The van der Waals surface area contributed by atoms with Gasteiger partial charge in [-0.1, -0.05) is 45.0 Å². The summed E-state index contributed by atoms with van der Waals surface area (Å²) in [6.45, 7) is 11.9. The summed E-state index contributed by atoms with van der Waals surface area (Å²) >= 11 is 0. The van der Waals surface area contributed by atoms with Crippen molar-refractivity contribution in [1.82, 2.24) is 4.90 Å². The highest BCUT2D eigenvalue weighted by atomic mass is 28.4. The van der Waals surface area contributed by atoms with E-state index in [9.17, 15) is 14.0 Å². The predicted molar refractivity (Wildman–Crippen MR) is 148 cm³/mol. The van der Waals surface area contributed by atoms with E-state index in [1.54, 1.807) is 12.1 Å². The van der Waals surface area contributed by atoms with Crippen molar-refractivity contribution in [2.24, 2.45) is 0 Å². The molecular weight excluding hydrogens is 485 g/mol. The third-order valence-corrected chi connectivity index (χ3v) is 12.5. The average molecular weight is 528 g/mol. The van der Waals surface area contributed by atoms with Gasteiger partial charge >= 0.3 is 5.97 Å². The van der Waals surface area contributed by atoms with Gasteiger partial charge in [0.1, 0.15) is 5.82 Å². The van der Waals surface area contributed by atoms with E-state index in [0.29, 0.717) is 13.0 Å². The van der Waals surface area contributed by atoms with Crippen LogP contribution >= 0.6 is 0 Å². The number of aromatic carboxylic acids is 1. The van der Waals surface area contributed by atoms with Crippen LogP contribution in [0.1, 0.15) is 74.4 Å². The van der Waals surface area contributed by atoms with Crippen LogP contribution in [-0.4, -0.2) is 48.9 Å². The summed E-state index contributed by atoms with van der Waals surface area (Å²) in [6, 6.07) is 13.9. The molecular formula is C30H42FNO4Si. The Hall–Kier alpha value is -2.51. The first-order valence-corrected chi connectivity index (χ1v) is 16.3. The molecule has 0 bridgehead atoms. The monoisotopic (exact) mass is 527 g/mol. The van der Waals surface area contributed by atoms with Crippen LogP contribution in [0.25, 0.3) is 0 Å². The fraction of sp³-hybridized carbons (Fsp3) is 0.533. The summed E-state index contributed by atoms with van der Waals surface area (Å²) in [6.07, 6.45) is 5.61. The Morgan fingerprint density at radius 3 is 2.32 bits per heavy atom. The molecule has 0 aliphatic carbocycles. The molecule has 0 aromatic heterocycles. The lowest BCUT2D eigenvalue weighted by atomic mass is 10.0. The van der Waals surface area contributed by atoms with Crippen LogP contribution in [0.15, 0.2) is 48.5 Å². The highest BCUT2D eigenvalue weighted by Gasteiger charge is 2.39. The second-order valence-corrected chi connectivity index (χ2v) is 16.5. The molecule has 202 valence electrons. The van der Waals surface area contributed by atoms with Gasteiger partial charge in [-0.3, -0.25) is 4.79 Å². The molecule has 1 saturated heterocycles. The van der Waals surface area contributed by atoms with E-state index in [2.05, 4.69) is 33.9 Å². The molecule has 0 saturated carbocycles. The average Bonchev–Trinajstić information content (AvgIpc) is 3.17. The number of carbonyl (C=O) groups excluding carboxylic acids is 1. The van der Waals surface area contributed by atoms with Crippen molar-refractivity contribution < 1.29 is 23.5 Å². The molecule has 0 spiro atoms. The Morgan fingerprint density at radius 1 is 1.11 bits per heavy atom. The third-order valence-electron chi connectivity index (χ3n) is 7.98. The number of carboxylic acids is 1. The molecule has 3 rings (SSSR count). The summed E-state index contributed by atoms with van der Waals surface area (Å²) in [4.78, 5) is 25.8. The van der Waals surface area contributed by atoms with Gasteiger partial charge in [0.2, 0.25) is 5.91 Å². The number of likely N-dealkylation sites (tertiary alicyclic amines) is 1. The lowest BCUT2D eigenvalue weighted by Gasteiger charge is -2.40. The SMILES string of the molecule is CC(C)(C)[Si](C)(C)OC(CCC1CCC(=O)N1CCCc1ccc(C(=O)O)cc1)Cc1ccc(F)cc1. The van der Waals surface area contributed by atoms with E-state index in [-0.39, 0.29) is 34.5 Å². The first kappa shape index (κ1) is 29.0. The van der Waals surface area contributed by atoms with Gasteiger partial charge < -0.3 is 14.4 Å². The van der Waals surface area contributed by atoms with Crippen molar-refractivity contribution in [2.75, 3.05) is 6.54 Å². The fourth-order valence-corrected chi connectivity index (χ4v) is 6.11. The van der Waals surface area contributed by atoms with Crippen molar-refractivity contribution in [3.05, 3.63) is 71.0 Å². The largest absolute Gasteiger partial charge is 0.478 e. The Bertz CT molecular complexity index is 1050. The van der Waals surface area contributed by atoms with Gasteiger partial charge in [-0.25, -0.2) is 9.18 Å². The number of aryl methyl sites for hydroxylation is 1. The number of hydrogen-bond donors (Lipinski definition) is 1. The Labute approximate surface area is 222 Å². The Balaban J connectivity index is 1.60. The van der Waals surface area contributed by atoms with E-state index >= 15 is 0 Å². The maximum Gasteiger partial charge on any atom is 0.335 e. The van der Waals surface area contributed by atoms with Crippen LogP contribution in [0.3, 0.4) is 0 Å². The van der Waals surface area contributed by atoms with Crippen molar-refractivity contribution >= 4 is 20.2 Å². The molecule has 1 heterocycles. The summed E-state index contributed by atoms with van der Waals surface area (Å²) in [7, 11) is -2.00. The molecule has 2 unspecified atom stereocenters. The van der Waals surface area contributed by atoms with E-state index in [0.717, 1.165) is 49.7 Å². The molecule has 1 aliphatic heterocycles. The fourth-order valence-electron chi connectivity index (χ4n) is 4.73. The summed E-state index contributed by atoms with van der Waals surface area (Å²) in [5, 5.41) is 9.16. The molecule has 0 radical (unpaired) electrons. The molecule has 1 aliphatic rings. The number of halogens is 1. The smallest absolute Gasteiger partial charge is 0.335 e. The van der Waals surface area contributed by atoms with E-state index in [1.165, 1.54) is 12.1 Å². The number of carboxylic acid groups (broad SMARTS) is 1. The molecule has 37 heavy (non-hydrogen) atoms. The van der Waals surface area contributed by atoms with Gasteiger partial charge in [-0.05, 0) is 92.0 Å². The second kappa shape index (κ2) is 12.4. The Kier molecular flexibility index (Phi) is 9.70. The van der Waals surface area contributed by atoms with E-state index in [1.807, 2.05) is 29.2 Å². The quantitative estimate of drug-likeness (QED) is 0.306. The predicted octanol–water partition coefficient (Wildman–Crippen LogP) is 6.86. The first-order valence-electron chi connectivity index (χ1n) is 13.4. The summed E-state index contributed by atoms with van der Waals surface area (Å²) < 4.78 is 20.3. The molecule has 2 aromatic carbocycles. The van der Waals surface area contributed by atoms with Crippen molar-refractivity contribution in [3.63, 3.8) is 0 Å². The second-order valence-electron chi connectivity index (χ2n) is 11.8. The van der Waals surface area contributed by atoms with Crippen LogP contribution in [0, 0.1) is 5.82 Å². The van der Waals surface area contributed by atoms with E-state index in [4.69, 9.17) is 9.53 Å². The lowest BCUT2D eigenvalue weighted by molar-refractivity contribution is -0.129. The number of nitrogens with zero attached hydrogens (tertiary/aromatic N) is 1. The molecule has 1 amide bonds. The van der Waals surface area contributed by atoms with Crippen LogP contribution < -0.4 is 0 Å². The number of benzene rings is 2. The highest BCUT2D eigenvalue weighted by Crippen LogP contribution is 2.38. The molecule has 1 fully saturated rings. The maximum atomic E-state index is 13.5. The van der Waals surface area contributed by atoms with Gasteiger partial charge in [0, 0.05) is 25.1 Å². The van der Waals surface area contributed by atoms with Gasteiger partial charge in [0.25, 0.3) is 0 Å². The van der Waals surface area contributed by atoms with Crippen LogP contribution in [0.5, 0.6) is 0 Å². The normalized spacial score (nSPS) is 17.3. The standard InChI is InChI=1S/C30H42FNO4Si/c1-30(2,3)37(4,5)36-27(21-23-10-14-25(31)15-11-23)18-16-26-17-19-28(33)32(26)20-6-7-22-8-12-24(13-9-22)29(34)35/h8-15,26-27H,6-7,16-21H2,1-5H3,(H,34,35). The number of rotatable bonds is 12. The molecule has 2 atom stereocenters. The number of amides is 1. The molecule has 2 aromatic rings. The minimum absolute atomic E-state index is 0.0247. The summed E-state index contributed by atoms with van der Waals surface area (Å²) in [5.41, 5.74) is 2.43. The van der Waals surface area contributed by atoms with Crippen LogP contribution in [-0.2, 0) is 22.1 Å². The molecule has 1 N–H and O–H groups in total. The minimum atomic E-state index is -2.00. The lowest BCUT2D eigenvalue weighted by Crippen LogP contribution is -2.45. The van der Waals surface area contributed by atoms with Crippen LogP contribution in [0.2, 0.25) is 18.1 Å². The zero-order chi connectivity index (χ0) is 27.2. The highest BCUT2D eigenvalue weighted by molar-refractivity contribution is 6.74. The third kappa shape index (κ3) is 8.24. The van der Waals surface area contributed by atoms with Gasteiger partial charge in [0.15, 0.2) is 8.32 Å². The van der Waals surface area contributed by atoms with Crippen molar-refractivity contribution in [1.29, 1.82) is 0 Å². The maximum absolute atomic E-state index is 13.5. The minimum Gasteiger partial charge on any atom is -0.478 e. The first-order chi connectivity index (χ1) is 17.4. The Morgan fingerprint density at radius 2 is 1.73 bits per heavy atom. The van der Waals surface area contributed by atoms with Gasteiger partial charge in [-0.15, -0.1) is 0 Å². The van der Waals surface area contributed by atoms with Gasteiger partial charge in [-0.2, -0.15) is 0 Å². The van der Waals surface area contributed by atoms with Crippen LogP contribution in [0.4, 0.5) is 4.39 Å². The molecule has 5 nitrogen and oxygen atoms in total. The van der Waals surface area contributed by atoms with Gasteiger partial charge in [0.05, 0.1) is 5.56 Å². The molecule has 7 heteroatoms. The number of carbonyl (C=O) groups is 2. The summed E-state index contributed by atoms with van der Waals surface area (Å²) in [5.74, 6) is -0.942. The zero-order valence-corrected chi connectivity index (χ0v) is 23.9. The zero-order valence-electron chi connectivity index (χ0n) is 22.9. The topological polar surface area (TPSA) is 66.8 Å². The number of hydrogen-bond acceptors (Lipinski definition) is 3.